The van der Waals surface area contributed by atoms with Gasteiger partial charge in [0.1, 0.15) is 0 Å². The number of piperidine rings is 1. The third kappa shape index (κ3) is 3.76. The molecular weight excluding hydrogens is 260 g/mol. The molecule has 2 rings (SSSR count). The summed E-state index contributed by atoms with van der Waals surface area (Å²) in [5.74, 6) is -0.882. The molecule has 1 atom stereocenters. The summed E-state index contributed by atoms with van der Waals surface area (Å²) in [7, 11) is 0. The molecule has 1 unspecified atom stereocenters. The van der Waals surface area contributed by atoms with Gasteiger partial charge in [-0.05, 0) is 19.4 Å². The van der Waals surface area contributed by atoms with Gasteiger partial charge in [-0.2, -0.15) is 0 Å². The molecule has 1 N–H and O–H groups in total. The molecule has 0 spiro atoms. The highest BCUT2D eigenvalue weighted by Gasteiger charge is 2.26. The van der Waals surface area contributed by atoms with E-state index < -0.39 is 5.97 Å². The van der Waals surface area contributed by atoms with Crippen LogP contribution in [0.2, 0.25) is 0 Å². The van der Waals surface area contributed by atoms with Gasteiger partial charge in [0.15, 0.2) is 0 Å². The minimum atomic E-state index is -0.668. The second kappa shape index (κ2) is 5.59. The molecule has 1 fully saturated rings. The third-order valence-electron chi connectivity index (χ3n) is 3.43. The summed E-state index contributed by atoms with van der Waals surface area (Å²) < 4.78 is 0. The van der Waals surface area contributed by atoms with Crippen molar-refractivity contribution < 1.29 is 9.90 Å². The number of likely N-dealkylation sites (tertiary alicyclic amines) is 1. The van der Waals surface area contributed by atoms with Crippen LogP contribution >= 0.6 is 11.3 Å². The highest BCUT2D eigenvalue weighted by atomic mass is 32.1. The van der Waals surface area contributed by atoms with Crippen molar-refractivity contribution in [1.82, 2.24) is 9.88 Å². The smallest absolute Gasteiger partial charge is 0.307 e. The number of aliphatic carboxylic acids is 1. The van der Waals surface area contributed by atoms with E-state index in [9.17, 15) is 4.79 Å². The molecule has 2 heterocycles. The van der Waals surface area contributed by atoms with Gasteiger partial charge in [-0.15, -0.1) is 11.3 Å². The summed E-state index contributed by atoms with van der Waals surface area (Å²) >= 11 is 1.70. The van der Waals surface area contributed by atoms with E-state index in [1.165, 1.54) is 0 Å². The van der Waals surface area contributed by atoms with Crippen LogP contribution in [0.3, 0.4) is 0 Å². The van der Waals surface area contributed by atoms with E-state index in [0.717, 1.165) is 36.6 Å². The van der Waals surface area contributed by atoms with Gasteiger partial charge >= 0.3 is 5.97 Å². The van der Waals surface area contributed by atoms with E-state index >= 15 is 0 Å². The maximum atomic E-state index is 11.0. The molecule has 1 aromatic rings. The zero-order valence-electron chi connectivity index (χ0n) is 11.8. The number of hydrogen-bond acceptors (Lipinski definition) is 4. The average molecular weight is 282 g/mol. The van der Waals surface area contributed by atoms with Crippen LogP contribution in [0.4, 0.5) is 0 Å². The number of hydrogen-bond donors (Lipinski definition) is 1. The van der Waals surface area contributed by atoms with Gasteiger partial charge in [-0.1, -0.05) is 20.8 Å². The summed E-state index contributed by atoms with van der Waals surface area (Å²) in [6, 6.07) is 0. The first kappa shape index (κ1) is 14.5. The Labute approximate surface area is 118 Å². The highest BCUT2D eigenvalue weighted by molar-refractivity contribution is 7.09. The number of rotatable bonds is 3. The lowest BCUT2D eigenvalue weighted by atomic mass is 9.98. The van der Waals surface area contributed by atoms with Crippen LogP contribution in [-0.2, 0) is 16.8 Å². The summed E-state index contributed by atoms with van der Waals surface area (Å²) in [5.41, 5.74) is 1.16. The Morgan fingerprint density at radius 1 is 1.58 bits per heavy atom. The van der Waals surface area contributed by atoms with Gasteiger partial charge in [-0.3, -0.25) is 9.69 Å². The fraction of sp³-hybridized carbons (Fsp3) is 0.714. The Balaban J connectivity index is 1.97. The molecule has 0 saturated carbocycles. The van der Waals surface area contributed by atoms with Gasteiger partial charge in [0.2, 0.25) is 0 Å². The Kier molecular flexibility index (Phi) is 4.26. The molecular formula is C14H22N2O2S. The molecule has 5 heteroatoms. The summed E-state index contributed by atoms with van der Waals surface area (Å²) in [6.07, 6.45) is 1.77. The van der Waals surface area contributed by atoms with Crippen molar-refractivity contribution in [2.24, 2.45) is 5.92 Å². The number of thiazole rings is 1. The first-order valence-electron chi connectivity index (χ1n) is 6.76. The van der Waals surface area contributed by atoms with Crippen molar-refractivity contribution in [2.75, 3.05) is 13.1 Å². The summed E-state index contributed by atoms with van der Waals surface area (Å²) in [4.78, 5) is 17.9. The standard InChI is InChI=1S/C14H22N2O2S/c1-14(2,3)13-15-11(9-19-13)8-16-6-4-5-10(7-16)12(17)18/h9-10H,4-8H2,1-3H3,(H,17,18). The van der Waals surface area contributed by atoms with Crippen molar-refractivity contribution in [3.05, 3.63) is 16.1 Å². The molecule has 0 amide bonds. The van der Waals surface area contributed by atoms with E-state index in [0.29, 0.717) is 6.54 Å². The molecule has 1 aliphatic rings. The van der Waals surface area contributed by atoms with Gasteiger partial charge in [-0.25, -0.2) is 4.98 Å². The predicted molar refractivity (Wildman–Crippen MR) is 76.5 cm³/mol. The first-order valence-corrected chi connectivity index (χ1v) is 7.64. The maximum absolute atomic E-state index is 11.0. The normalized spacial score (nSPS) is 21.5. The largest absolute Gasteiger partial charge is 0.481 e. The van der Waals surface area contributed by atoms with E-state index in [4.69, 9.17) is 5.11 Å². The van der Waals surface area contributed by atoms with Gasteiger partial charge in [0, 0.05) is 23.9 Å². The van der Waals surface area contributed by atoms with Crippen LogP contribution in [0.25, 0.3) is 0 Å². The Morgan fingerprint density at radius 3 is 2.89 bits per heavy atom. The average Bonchev–Trinajstić information content (AvgIpc) is 2.77. The number of nitrogens with zero attached hydrogens (tertiary/aromatic N) is 2. The van der Waals surface area contributed by atoms with Crippen molar-refractivity contribution in [3.8, 4) is 0 Å². The lowest BCUT2D eigenvalue weighted by Crippen LogP contribution is -2.38. The molecule has 0 aromatic carbocycles. The number of carbonyl (C=O) groups is 1. The van der Waals surface area contributed by atoms with Crippen LogP contribution < -0.4 is 0 Å². The van der Waals surface area contributed by atoms with Crippen LogP contribution in [0.1, 0.15) is 44.3 Å². The molecule has 1 saturated heterocycles. The van der Waals surface area contributed by atoms with Gasteiger partial charge in [0.25, 0.3) is 0 Å². The second-order valence-electron chi connectivity index (χ2n) is 6.31. The Bertz CT molecular complexity index is 451. The van der Waals surface area contributed by atoms with Crippen molar-refractivity contribution in [2.45, 2.75) is 45.6 Å². The minimum Gasteiger partial charge on any atom is -0.481 e. The van der Waals surface area contributed by atoms with Crippen LogP contribution in [-0.4, -0.2) is 34.0 Å². The van der Waals surface area contributed by atoms with Crippen LogP contribution in [0.15, 0.2) is 5.38 Å². The zero-order chi connectivity index (χ0) is 14.0. The van der Waals surface area contributed by atoms with Crippen molar-refractivity contribution >= 4 is 17.3 Å². The van der Waals surface area contributed by atoms with Crippen molar-refractivity contribution in [3.63, 3.8) is 0 Å². The molecule has 0 aliphatic carbocycles. The SMILES string of the molecule is CC(C)(C)c1nc(CN2CCCC(C(=O)O)C2)cs1. The fourth-order valence-electron chi connectivity index (χ4n) is 2.35. The summed E-state index contributed by atoms with van der Waals surface area (Å²) in [5, 5.41) is 12.3. The summed E-state index contributed by atoms with van der Waals surface area (Å²) in [6.45, 7) is 8.89. The zero-order valence-corrected chi connectivity index (χ0v) is 12.7. The molecule has 1 aliphatic heterocycles. The maximum Gasteiger partial charge on any atom is 0.307 e. The van der Waals surface area contributed by atoms with E-state index in [2.05, 4.69) is 36.0 Å². The predicted octanol–water partition coefficient (Wildman–Crippen LogP) is 2.74. The van der Waals surface area contributed by atoms with E-state index in [1.54, 1.807) is 11.3 Å². The number of aromatic nitrogens is 1. The first-order chi connectivity index (χ1) is 8.86. The number of carboxylic acid groups (broad SMARTS) is 1. The van der Waals surface area contributed by atoms with Gasteiger partial charge in [0.05, 0.1) is 16.6 Å². The third-order valence-corrected chi connectivity index (χ3v) is 4.75. The van der Waals surface area contributed by atoms with Crippen LogP contribution in [0, 0.1) is 5.92 Å². The molecule has 19 heavy (non-hydrogen) atoms. The minimum absolute atomic E-state index is 0.0917. The second-order valence-corrected chi connectivity index (χ2v) is 7.16. The Hall–Kier alpha value is -0.940. The van der Waals surface area contributed by atoms with Crippen molar-refractivity contribution in [1.29, 1.82) is 0 Å². The quantitative estimate of drug-likeness (QED) is 0.926. The van der Waals surface area contributed by atoms with Crippen LogP contribution in [0.5, 0.6) is 0 Å². The Morgan fingerprint density at radius 2 is 2.32 bits per heavy atom. The topological polar surface area (TPSA) is 53.4 Å². The van der Waals surface area contributed by atoms with Gasteiger partial charge < -0.3 is 5.11 Å². The molecule has 1 aromatic heterocycles. The molecule has 106 valence electrons. The monoisotopic (exact) mass is 282 g/mol. The van der Waals surface area contributed by atoms with E-state index in [1.807, 2.05) is 0 Å². The highest BCUT2D eigenvalue weighted by Crippen LogP contribution is 2.26. The lowest BCUT2D eigenvalue weighted by molar-refractivity contribution is -0.143. The molecule has 0 radical (unpaired) electrons. The molecule has 0 bridgehead atoms. The fourth-order valence-corrected chi connectivity index (χ4v) is 3.25. The number of carboxylic acids is 1. The molecule has 4 nitrogen and oxygen atoms in total. The van der Waals surface area contributed by atoms with E-state index in [-0.39, 0.29) is 11.3 Å². The lowest BCUT2D eigenvalue weighted by Gasteiger charge is -2.29.